The average Bonchev–Trinajstić information content (AvgIpc) is 3.32. The van der Waals surface area contributed by atoms with Crippen molar-refractivity contribution in [2.45, 2.75) is 25.8 Å². The predicted molar refractivity (Wildman–Crippen MR) is 114 cm³/mol. The lowest BCUT2D eigenvalue weighted by molar-refractivity contribution is -0.141. The normalized spacial score (nSPS) is 20.5. The fraction of sp³-hybridized carbons (Fsp3) is 0.375. The van der Waals surface area contributed by atoms with Crippen LogP contribution < -0.4 is 0 Å². The summed E-state index contributed by atoms with van der Waals surface area (Å²) in [4.78, 5) is 17.0. The molecule has 5 rings (SSSR count). The number of carbonyl (C=O) groups is 1. The molecule has 0 saturated carbocycles. The van der Waals surface area contributed by atoms with Crippen LogP contribution in [0.25, 0.3) is 11.5 Å². The second-order valence-corrected chi connectivity index (χ2v) is 8.86. The number of hydrogen-bond acceptors (Lipinski definition) is 5. The molecule has 154 valence electrons. The third kappa shape index (κ3) is 3.52. The molecule has 1 amide bonds. The standard InChI is InChI=1S/C24H26N4O2/c1-17-7-6-8-18(11-17)12-21(29)28-15-24(16-28)13-20(27(2)14-24)23-26-25-22(30-23)19-9-4-3-5-10-19/h3-11,20H,12-16H2,1-2H3. The molecule has 3 aromatic rings. The van der Waals surface area contributed by atoms with Crippen molar-refractivity contribution in [1.29, 1.82) is 0 Å². The van der Waals surface area contributed by atoms with E-state index in [-0.39, 0.29) is 17.4 Å². The molecule has 2 aliphatic heterocycles. The Labute approximate surface area is 176 Å². The molecule has 0 aliphatic carbocycles. The molecule has 1 unspecified atom stereocenters. The maximum Gasteiger partial charge on any atom is 0.247 e. The van der Waals surface area contributed by atoms with E-state index in [4.69, 9.17) is 4.42 Å². The van der Waals surface area contributed by atoms with Crippen molar-refractivity contribution in [2.24, 2.45) is 5.41 Å². The number of nitrogens with zero attached hydrogens (tertiary/aromatic N) is 4. The summed E-state index contributed by atoms with van der Waals surface area (Å²) in [6.45, 7) is 4.60. The Morgan fingerprint density at radius 3 is 2.67 bits per heavy atom. The predicted octanol–water partition coefficient (Wildman–Crippen LogP) is 3.49. The van der Waals surface area contributed by atoms with Crippen molar-refractivity contribution in [2.75, 3.05) is 26.7 Å². The van der Waals surface area contributed by atoms with Gasteiger partial charge in [0.25, 0.3) is 0 Å². The van der Waals surface area contributed by atoms with Crippen LogP contribution in [0, 0.1) is 12.3 Å². The first-order valence-electron chi connectivity index (χ1n) is 10.4. The number of carbonyl (C=O) groups excluding carboxylic acids is 1. The van der Waals surface area contributed by atoms with Gasteiger partial charge in [0.15, 0.2) is 0 Å². The van der Waals surface area contributed by atoms with Crippen molar-refractivity contribution in [3.8, 4) is 11.5 Å². The number of rotatable bonds is 4. The summed E-state index contributed by atoms with van der Waals surface area (Å²) in [5, 5.41) is 8.57. The summed E-state index contributed by atoms with van der Waals surface area (Å²) in [6.07, 6.45) is 1.41. The Hall–Kier alpha value is -2.99. The molecule has 2 aromatic carbocycles. The van der Waals surface area contributed by atoms with Crippen molar-refractivity contribution >= 4 is 5.91 Å². The van der Waals surface area contributed by atoms with Crippen LogP contribution in [-0.4, -0.2) is 52.6 Å². The van der Waals surface area contributed by atoms with E-state index in [1.54, 1.807) is 0 Å². The lowest BCUT2D eigenvalue weighted by atomic mass is 9.77. The van der Waals surface area contributed by atoms with Crippen LogP contribution in [0.15, 0.2) is 59.0 Å². The van der Waals surface area contributed by atoms with Crippen LogP contribution >= 0.6 is 0 Å². The van der Waals surface area contributed by atoms with Gasteiger partial charge in [0.05, 0.1) is 12.5 Å². The van der Waals surface area contributed by atoms with Crippen LogP contribution in [0.1, 0.15) is 29.5 Å². The van der Waals surface area contributed by atoms with Gasteiger partial charge in [-0.1, -0.05) is 48.0 Å². The summed E-state index contributed by atoms with van der Waals surface area (Å²) >= 11 is 0. The summed E-state index contributed by atoms with van der Waals surface area (Å²) in [7, 11) is 2.10. The number of aryl methyl sites for hydroxylation is 1. The topological polar surface area (TPSA) is 62.5 Å². The highest BCUT2D eigenvalue weighted by Gasteiger charge is 2.53. The van der Waals surface area contributed by atoms with Gasteiger partial charge in [-0.2, -0.15) is 0 Å². The fourth-order valence-corrected chi connectivity index (χ4v) is 4.89. The highest BCUT2D eigenvalue weighted by Crippen LogP contribution is 2.47. The van der Waals surface area contributed by atoms with Crippen LogP contribution in [-0.2, 0) is 11.2 Å². The van der Waals surface area contributed by atoms with Crippen LogP contribution in [0.5, 0.6) is 0 Å². The number of benzene rings is 2. The molecule has 3 heterocycles. The van der Waals surface area contributed by atoms with Gasteiger partial charge in [0.2, 0.25) is 17.7 Å². The minimum atomic E-state index is 0.101. The number of aromatic nitrogens is 2. The number of amides is 1. The minimum absolute atomic E-state index is 0.101. The van der Waals surface area contributed by atoms with E-state index in [2.05, 4.69) is 41.2 Å². The van der Waals surface area contributed by atoms with E-state index in [1.165, 1.54) is 5.56 Å². The lowest BCUT2D eigenvalue weighted by Gasteiger charge is -2.48. The van der Waals surface area contributed by atoms with Crippen LogP contribution in [0.4, 0.5) is 0 Å². The molecule has 0 N–H and O–H groups in total. The molecule has 6 nitrogen and oxygen atoms in total. The van der Waals surface area contributed by atoms with E-state index in [0.29, 0.717) is 18.2 Å². The first kappa shape index (κ1) is 19.0. The van der Waals surface area contributed by atoms with Gasteiger partial charge in [-0.3, -0.25) is 9.69 Å². The Morgan fingerprint density at radius 1 is 1.10 bits per heavy atom. The monoisotopic (exact) mass is 402 g/mol. The molecule has 1 atom stereocenters. The average molecular weight is 402 g/mol. The van der Waals surface area contributed by atoms with Gasteiger partial charge in [-0.25, -0.2) is 0 Å². The molecule has 1 spiro atoms. The van der Waals surface area contributed by atoms with Crippen molar-refractivity contribution in [3.05, 3.63) is 71.6 Å². The summed E-state index contributed by atoms with van der Waals surface area (Å²) in [5.41, 5.74) is 3.34. The SMILES string of the molecule is Cc1cccc(CC(=O)N2CC3(CC(c4nnc(-c5ccccc5)o4)N(C)C3)C2)c1. The largest absolute Gasteiger partial charge is 0.419 e. The Kier molecular flexibility index (Phi) is 4.66. The second kappa shape index (κ2) is 7.36. The highest BCUT2D eigenvalue weighted by molar-refractivity contribution is 5.79. The second-order valence-electron chi connectivity index (χ2n) is 8.86. The molecule has 2 aliphatic rings. The quantitative estimate of drug-likeness (QED) is 0.668. The first-order chi connectivity index (χ1) is 14.5. The van der Waals surface area contributed by atoms with E-state index < -0.39 is 0 Å². The van der Waals surface area contributed by atoms with Gasteiger partial charge in [-0.15, -0.1) is 10.2 Å². The van der Waals surface area contributed by atoms with Gasteiger partial charge in [0, 0.05) is 30.6 Å². The third-order valence-corrected chi connectivity index (χ3v) is 6.33. The molecule has 6 heteroatoms. The van der Waals surface area contributed by atoms with Gasteiger partial charge < -0.3 is 9.32 Å². The summed E-state index contributed by atoms with van der Waals surface area (Å²) in [6, 6.07) is 18.1. The zero-order chi connectivity index (χ0) is 20.7. The van der Waals surface area contributed by atoms with E-state index in [1.807, 2.05) is 47.4 Å². The zero-order valence-corrected chi connectivity index (χ0v) is 17.4. The maximum atomic E-state index is 12.7. The fourth-order valence-electron chi connectivity index (χ4n) is 4.89. The molecule has 0 bridgehead atoms. The summed E-state index contributed by atoms with van der Waals surface area (Å²) < 4.78 is 6.01. The minimum Gasteiger partial charge on any atom is -0.419 e. The Bertz CT molecular complexity index is 1060. The third-order valence-electron chi connectivity index (χ3n) is 6.33. The highest BCUT2D eigenvalue weighted by atomic mass is 16.4. The summed E-state index contributed by atoms with van der Waals surface area (Å²) in [5.74, 6) is 1.43. The molecule has 2 saturated heterocycles. The molecule has 0 radical (unpaired) electrons. The van der Waals surface area contributed by atoms with Crippen molar-refractivity contribution in [3.63, 3.8) is 0 Å². The first-order valence-corrected chi connectivity index (χ1v) is 10.4. The number of likely N-dealkylation sites (tertiary alicyclic amines) is 2. The Morgan fingerprint density at radius 2 is 1.90 bits per heavy atom. The molecule has 2 fully saturated rings. The number of hydrogen-bond donors (Lipinski definition) is 0. The van der Waals surface area contributed by atoms with Crippen molar-refractivity contribution in [1.82, 2.24) is 20.0 Å². The van der Waals surface area contributed by atoms with Crippen molar-refractivity contribution < 1.29 is 9.21 Å². The van der Waals surface area contributed by atoms with Crippen LogP contribution in [0.2, 0.25) is 0 Å². The molecule has 30 heavy (non-hydrogen) atoms. The Balaban J connectivity index is 1.23. The van der Waals surface area contributed by atoms with Crippen LogP contribution in [0.3, 0.4) is 0 Å². The molecule has 1 aromatic heterocycles. The smallest absolute Gasteiger partial charge is 0.247 e. The van der Waals surface area contributed by atoms with E-state index in [0.717, 1.165) is 37.2 Å². The maximum absolute atomic E-state index is 12.7. The van der Waals surface area contributed by atoms with E-state index >= 15 is 0 Å². The zero-order valence-electron chi connectivity index (χ0n) is 17.4. The molecular weight excluding hydrogens is 376 g/mol. The molecular formula is C24H26N4O2. The van der Waals surface area contributed by atoms with Gasteiger partial charge in [-0.05, 0) is 38.1 Å². The van der Waals surface area contributed by atoms with E-state index in [9.17, 15) is 4.79 Å². The van der Waals surface area contributed by atoms with Gasteiger partial charge >= 0.3 is 0 Å². The van der Waals surface area contributed by atoms with Gasteiger partial charge in [0.1, 0.15) is 0 Å². The lowest BCUT2D eigenvalue weighted by Crippen LogP contribution is -2.59.